The molecular weight excluding hydrogens is 416 g/mol. The average molecular weight is 447 g/mol. The van der Waals surface area contributed by atoms with E-state index >= 15 is 0 Å². The Kier molecular flexibility index (Phi) is 6.56. The molecule has 1 unspecified atom stereocenters. The molecule has 0 spiro atoms. The number of hydrogen-bond acceptors (Lipinski definition) is 4. The predicted octanol–water partition coefficient (Wildman–Crippen LogP) is 5.72. The predicted molar refractivity (Wildman–Crippen MR) is 132 cm³/mol. The van der Waals surface area contributed by atoms with Gasteiger partial charge in [0.15, 0.2) is 11.1 Å². The highest BCUT2D eigenvalue weighted by atomic mass is 32.2. The van der Waals surface area contributed by atoms with Crippen LogP contribution >= 0.6 is 0 Å². The van der Waals surface area contributed by atoms with Gasteiger partial charge < -0.3 is 9.80 Å². The Labute approximate surface area is 193 Å². The maximum atomic E-state index is 13.0. The summed E-state index contributed by atoms with van der Waals surface area (Å²) in [5, 5.41) is 0. The Morgan fingerprint density at radius 1 is 0.625 bits per heavy atom. The zero-order chi connectivity index (χ0) is 21.8. The maximum Gasteiger partial charge on any atom is 0.190 e. The van der Waals surface area contributed by atoms with E-state index in [1.807, 2.05) is 30.3 Å². The van der Waals surface area contributed by atoms with Crippen molar-refractivity contribution in [1.29, 1.82) is 0 Å². The van der Waals surface area contributed by atoms with Crippen LogP contribution in [0.2, 0.25) is 0 Å². The monoisotopic (exact) mass is 446 g/mol. The highest BCUT2D eigenvalue weighted by molar-refractivity contribution is 7.80. The summed E-state index contributed by atoms with van der Waals surface area (Å²) in [5.74, 6) is 0. The van der Waals surface area contributed by atoms with Crippen LogP contribution in [0.15, 0.2) is 83.8 Å². The van der Waals surface area contributed by atoms with E-state index in [9.17, 15) is 4.21 Å². The van der Waals surface area contributed by atoms with Crippen LogP contribution in [0.4, 0.5) is 11.4 Å². The van der Waals surface area contributed by atoms with Gasteiger partial charge in [-0.1, -0.05) is 42.5 Å². The SMILES string of the molecule is O=S(OC(c1ccc(N2CCCC2)cc1)c1ccc(N2CCCC2)cc1)c1ccccc1. The summed E-state index contributed by atoms with van der Waals surface area (Å²) in [4.78, 5) is 5.53. The molecule has 2 heterocycles. The van der Waals surface area contributed by atoms with Gasteiger partial charge in [0.25, 0.3) is 0 Å². The lowest BCUT2D eigenvalue weighted by molar-refractivity contribution is 0.275. The summed E-state index contributed by atoms with van der Waals surface area (Å²) >= 11 is -1.55. The molecule has 0 aromatic heterocycles. The molecule has 5 heteroatoms. The molecule has 32 heavy (non-hydrogen) atoms. The van der Waals surface area contributed by atoms with Gasteiger partial charge in [0, 0.05) is 37.6 Å². The molecule has 2 fully saturated rings. The lowest BCUT2D eigenvalue weighted by atomic mass is 10.0. The number of hydrogen-bond donors (Lipinski definition) is 0. The van der Waals surface area contributed by atoms with E-state index in [-0.39, 0.29) is 0 Å². The van der Waals surface area contributed by atoms with Crippen molar-refractivity contribution in [3.8, 4) is 0 Å². The van der Waals surface area contributed by atoms with Gasteiger partial charge in [-0.3, -0.25) is 4.18 Å². The summed E-state index contributed by atoms with van der Waals surface area (Å²) in [7, 11) is 0. The van der Waals surface area contributed by atoms with Crippen molar-refractivity contribution >= 4 is 22.5 Å². The second-order valence-corrected chi connectivity index (χ2v) is 9.73. The van der Waals surface area contributed by atoms with E-state index in [1.165, 1.54) is 37.1 Å². The van der Waals surface area contributed by atoms with Crippen molar-refractivity contribution in [2.24, 2.45) is 0 Å². The molecule has 0 N–H and O–H groups in total. The van der Waals surface area contributed by atoms with E-state index in [1.54, 1.807) is 0 Å². The van der Waals surface area contributed by atoms with Crippen LogP contribution in [0.25, 0.3) is 0 Å². The first-order chi connectivity index (χ1) is 15.8. The molecule has 0 saturated carbocycles. The van der Waals surface area contributed by atoms with Crippen LogP contribution in [0, 0.1) is 0 Å². The molecule has 5 rings (SSSR count). The minimum Gasteiger partial charge on any atom is -0.372 e. The first-order valence-corrected chi connectivity index (χ1v) is 12.7. The van der Waals surface area contributed by atoms with Gasteiger partial charge in [0.1, 0.15) is 6.10 Å². The van der Waals surface area contributed by atoms with Crippen molar-refractivity contribution in [3.63, 3.8) is 0 Å². The van der Waals surface area contributed by atoms with Gasteiger partial charge in [0.2, 0.25) is 0 Å². The maximum absolute atomic E-state index is 13.0. The van der Waals surface area contributed by atoms with Crippen LogP contribution < -0.4 is 9.80 Å². The Balaban J connectivity index is 1.42. The largest absolute Gasteiger partial charge is 0.372 e. The summed E-state index contributed by atoms with van der Waals surface area (Å²) < 4.78 is 19.2. The summed E-state index contributed by atoms with van der Waals surface area (Å²) in [6.07, 6.45) is 4.64. The smallest absolute Gasteiger partial charge is 0.190 e. The lowest BCUT2D eigenvalue weighted by Gasteiger charge is -2.22. The third-order valence-corrected chi connectivity index (χ3v) is 7.48. The lowest BCUT2D eigenvalue weighted by Crippen LogP contribution is -2.18. The van der Waals surface area contributed by atoms with Gasteiger partial charge in [-0.25, -0.2) is 4.21 Å². The average Bonchev–Trinajstić information content (AvgIpc) is 3.58. The first kappa shape index (κ1) is 21.2. The van der Waals surface area contributed by atoms with Gasteiger partial charge in [-0.2, -0.15) is 0 Å². The third-order valence-electron chi connectivity index (χ3n) is 6.45. The Hall–Kier alpha value is -2.63. The van der Waals surface area contributed by atoms with Gasteiger partial charge in [0.05, 0.1) is 4.90 Å². The van der Waals surface area contributed by atoms with E-state index in [0.29, 0.717) is 4.90 Å². The van der Waals surface area contributed by atoms with Crippen molar-refractivity contribution in [2.75, 3.05) is 36.0 Å². The molecule has 166 valence electrons. The minimum atomic E-state index is -1.55. The van der Waals surface area contributed by atoms with E-state index in [4.69, 9.17) is 4.18 Å². The Morgan fingerprint density at radius 2 is 1.06 bits per heavy atom. The number of rotatable bonds is 7. The molecule has 0 aliphatic carbocycles. The number of benzene rings is 3. The fourth-order valence-corrected chi connectivity index (χ4v) is 5.54. The Morgan fingerprint density at radius 3 is 1.50 bits per heavy atom. The van der Waals surface area contributed by atoms with Crippen LogP contribution in [-0.2, 0) is 15.3 Å². The quantitative estimate of drug-likeness (QED) is 0.465. The zero-order valence-corrected chi connectivity index (χ0v) is 19.2. The first-order valence-electron chi connectivity index (χ1n) is 11.6. The molecule has 4 nitrogen and oxygen atoms in total. The topological polar surface area (TPSA) is 32.8 Å². The fourth-order valence-electron chi connectivity index (χ4n) is 4.65. The van der Waals surface area contributed by atoms with Crippen LogP contribution in [0.5, 0.6) is 0 Å². The third kappa shape index (κ3) is 4.74. The van der Waals surface area contributed by atoms with Crippen LogP contribution in [0.1, 0.15) is 42.9 Å². The second-order valence-electron chi connectivity index (χ2n) is 8.60. The molecule has 2 saturated heterocycles. The van der Waals surface area contributed by atoms with Crippen molar-refractivity contribution in [1.82, 2.24) is 0 Å². The minimum absolute atomic E-state index is 0.392. The van der Waals surface area contributed by atoms with Gasteiger partial charge >= 0.3 is 0 Å². The molecule has 0 amide bonds. The fraction of sp³-hybridized carbons (Fsp3) is 0.333. The Bertz CT molecular complexity index is 966. The molecule has 0 radical (unpaired) electrons. The molecular formula is C27H30N2O2S. The van der Waals surface area contributed by atoms with Gasteiger partial charge in [-0.05, 0) is 73.2 Å². The second kappa shape index (κ2) is 9.88. The molecule has 3 aromatic carbocycles. The number of anilines is 2. The summed E-state index contributed by atoms with van der Waals surface area (Å²) in [6, 6.07) is 26.5. The molecule has 0 bridgehead atoms. The standard InChI is InChI=1S/C27H30N2O2S/c30-32(26-8-2-1-3-9-26)31-27(22-10-14-24(15-11-22)28-18-4-5-19-28)23-12-16-25(17-13-23)29-20-6-7-21-29/h1-3,8-17,27H,4-7,18-21H2. The van der Waals surface area contributed by atoms with Crippen molar-refractivity contribution < 1.29 is 8.39 Å². The van der Waals surface area contributed by atoms with E-state index in [0.717, 1.165) is 37.3 Å². The van der Waals surface area contributed by atoms with Crippen LogP contribution in [0.3, 0.4) is 0 Å². The molecule has 3 aromatic rings. The van der Waals surface area contributed by atoms with Crippen LogP contribution in [-0.4, -0.2) is 30.4 Å². The summed E-state index contributed by atoms with van der Waals surface area (Å²) in [6.45, 7) is 4.48. The van der Waals surface area contributed by atoms with E-state index in [2.05, 4.69) is 58.3 Å². The number of nitrogens with zero attached hydrogens (tertiary/aromatic N) is 2. The van der Waals surface area contributed by atoms with Crippen molar-refractivity contribution in [3.05, 3.63) is 90.0 Å². The highest BCUT2D eigenvalue weighted by Gasteiger charge is 2.21. The van der Waals surface area contributed by atoms with Crippen molar-refractivity contribution in [2.45, 2.75) is 36.7 Å². The van der Waals surface area contributed by atoms with E-state index < -0.39 is 17.2 Å². The highest BCUT2D eigenvalue weighted by Crippen LogP contribution is 2.32. The molecule has 2 aliphatic rings. The summed E-state index contributed by atoms with van der Waals surface area (Å²) in [5.41, 5.74) is 4.54. The zero-order valence-electron chi connectivity index (χ0n) is 18.4. The molecule has 2 aliphatic heterocycles. The normalized spacial score (nSPS) is 17.3. The van der Waals surface area contributed by atoms with Gasteiger partial charge in [-0.15, -0.1) is 0 Å². The molecule has 1 atom stereocenters.